The Labute approximate surface area is 135 Å². The van der Waals surface area contributed by atoms with Gasteiger partial charge in [0.1, 0.15) is 12.2 Å². The maximum Gasteiger partial charge on any atom is 0.330 e. The zero-order valence-corrected chi connectivity index (χ0v) is 12.9. The first-order chi connectivity index (χ1) is 11.9. The summed E-state index contributed by atoms with van der Waals surface area (Å²) in [5.74, 6) is 0. The molecule has 1 aliphatic rings. The summed E-state index contributed by atoms with van der Waals surface area (Å²) in [4.78, 5) is 25.8. The summed E-state index contributed by atoms with van der Waals surface area (Å²) < 4.78 is 19.3. The molecule has 2 heterocycles. The van der Waals surface area contributed by atoms with E-state index in [1.54, 1.807) is 13.1 Å². The highest BCUT2D eigenvalue weighted by molar-refractivity contribution is 5.46. The summed E-state index contributed by atoms with van der Waals surface area (Å²) in [7, 11) is 3.04. The maximum atomic E-state index is 11.9. The molecule has 1 aliphatic heterocycles. The number of rotatable bonds is 4. The van der Waals surface area contributed by atoms with Crippen molar-refractivity contribution in [2.24, 2.45) is 0 Å². The van der Waals surface area contributed by atoms with Crippen LogP contribution >= 0.6 is 0 Å². The van der Waals surface area contributed by atoms with Crippen LogP contribution in [0.3, 0.4) is 0 Å². The molecule has 1 aromatic heterocycles. The molecule has 0 bridgehead atoms. The molecule has 2 rings (SSSR count). The van der Waals surface area contributed by atoms with Crippen LogP contribution < -0.4 is 16.6 Å². The van der Waals surface area contributed by atoms with Crippen LogP contribution in [0, 0.1) is 0 Å². The van der Waals surface area contributed by atoms with Gasteiger partial charge in [0.15, 0.2) is 6.23 Å². The number of aliphatic hydroxyl groups is 3. The Hall–Kier alpha value is -1.78. The number of hydrogen-bond donors (Lipinski definition) is 5. The third-order valence-electron chi connectivity index (χ3n) is 3.23. The molecule has 0 aliphatic carbocycles. The van der Waals surface area contributed by atoms with Crippen molar-refractivity contribution >= 4 is 6.08 Å². The molecule has 9 heteroatoms. The van der Waals surface area contributed by atoms with Crippen LogP contribution in [0.25, 0.3) is 6.08 Å². The first kappa shape index (κ1) is 16.1. The number of hydrogen-bond acceptors (Lipinski definition) is 7. The molecule has 0 saturated carbocycles. The second-order valence-corrected chi connectivity index (χ2v) is 4.76. The predicted molar refractivity (Wildman–Crippen MR) is 84.0 cm³/mol. The van der Waals surface area contributed by atoms with Crippen molar-refractivity contribution in [3.8, 4) is 0 Å². The number of H-pyrrole nitrogens is 1. The van der Waals surface area contributed by atoms with Gasteiger partial charge in [0, 0.05) is 21.2 Å². The molecule has 0 radical (unpaired) electrons. The van der Waals surface area contributed by atoms with E-state index in [4.69, 9.17) is 7.54 Å². The van der Waals surface area contributed by atoms with Crippen LogP contribution in [0.5, 0.6) is 0 Å². The van der Waals surface area contributed by atoms with Gasteiger partial charge in [-0.05, 0) is 13.9 Å². The minimum atomic E-state index is -1.35. The molecule has 9 nitrogen and oxygen atoms in total. The van der Waals surface area contributed by atoms with E-state index in [-0.39, 0.29) is 12.5 Å². The SMILES string of the molecule is [2H]C[C@H]1O[C@@H](n2cc(/C=C/CNC)c(=O)[nH]c2=O)[C@@H](O)C1O.[3H]OC. The van der Waals surface area contributed by atoms with Gasteiger partial charge in [0.2, 0.25) is 1.43 Å². The summed E-state index contributed by atoms with van der Waals surface area (Å²) in [6, 6.07) is 0. The average Bonchev–Trinajstić information content (AvgIpc) is 2.86. The molecule has 1 fully saturated rings. The lowest BCUT2D eigenvalue weighted by Gasteiger charge is -2.17. The molecule has 1 saturated heterocycles. The highest BCUT2D eigenvalue weighted by atomic mass is 16.6. The Bertz CT molecular complexity index is 677. The van der Waals surface area contributed by atoms with Crippen LogP contribution in [0.2, 0.25) is 0 Å². The topological polar surface area (TPSA) is 137 Å². The number of aliphatic hydroxyl groups excluding tert-OH is 3. The van der Waals surface area contributed by atoms with Gasteiger partial charge in [-0.2, -0.15) is 0 Å². The fourth-order valence-corrected chi connectivity index (χ4v) is 2.07. The predicted octanol–water partition coefficient (Wildman–Crippen LogP) is -1.98. The Kier molecular flexibility index (Phi) is 6.12. The largest absolute Gasteiger partial charge is 0.400 e. The number of ether oxygens (including phenoxy) is 1. The summed E-state index contributed by atoms with van der Waals surface area (Å²) in [5, 5.41) is 26.1. The van der Waals surface area contributed by atoms with Crippen molar-refractivity contribution in [2.75, 3.05) is 20.7 Å². The lowest BCUT2D eigenvalue weighted by molar-refractivity contribution is -0.0351. The van der Waals surface area contributed by atoms with Crippen molar-refractivity contribution in [2.45, 2.75) is 31.4 Å². The maximum absolute atomic E-state index is 11.9. The van der Waals surface area contributed by atoms with Crippen molar-refractivity contribution in [1.82, 2.24) is 14.9 Å². The fraction of sp³-hybridized carbons (Fsp3) is 0.571. The molecule has 5 N–H and O–H groups in total. The van der Waals surface area contributed by atoms with E-state index in [0.29, 0.717) is 6.54 Å². The van der Waals surface area contributed by atoms with Gasteiger partial charge in [0.25, 0.3) is 5.56 Å². The quantitative estimate of drug-likeness (QED) is 0.431. The molecular weight excluding hydrogens is 306 g/mol. The third kappa shape index (κ3) is 4.36. The molecule has 0 aromatic carbocycles. The number of aromatic nitrogens is 2. The van der Waals surface area contributed by atoms with Crippen LogP contribution in [-0.4, -0.2) is 65.3 Å². The zero-order valence-electron chi connectivity index (χ0n) is 14.9. The minimum Gasteiger partial charge on any atom is -0.400 e. The van der Waals surface area contributed by atoms with Crippen LogP contribution in [0.1, 0.15) is 20.1 Å². The van der Waals surface area contributed by atoms with E-state index in [1.807, 2.05) is 0 Å². The number of nitrogens with zero attached hydrogens (tertiary/aromatic N) is 1. The van der Waals surface area contributed by atoms with E-state index in [9.17, 15) is 19.8 Å². The summed E-state index contributed by atoms with van der Waals surface area (Å²) in [5.41, 5.74) is -1.09. The van der Waals surface area contributed by atoms with Gasteiger partial charge >= 0.3 is 5.69 Å². The van der Waals surface area contributed by atoms with Gasteiger partial charge in [-0.1, -0.05) is 12.2 Å². The molecule has 4 atom stereocenters. The van der Waals surface area contributed by atoms with Gasteiger partial charge in [-0.25, -0.2) is 4.79 Å². The lowest BCUT2D eigenvalue weighted by atomic mass is 10.1. The molecule has 0 amide bonds. The van der Waals surface area contributed by atoms with Crippen LogP contribution in [-0.2, 0) is 4.74 Å². The van der Waals surface area contributed by atoms with E-state index in [2.05, 4.69) is 15.4 Å². The number of nitrogens with one attached hydrogen (secondary N) is 2. The molecule has 23 heavy (non-hydrogen) atoms. The van der Waals surface area contributed by atoms with Gasteiger partial charge in [0.05, 0.1) is 11.7 Å². The molecule has 130 valence electrons. The van der Waals surface area contributed by atoms with Crippen LogP contribution in [0.15, 0.2) is 21.9 Å². The van der Waals surface area contributed by atoms with Crippen molar-refractivity contribution < 1.29 is 21.4 Å². The van der Waals surface area contributed by atoms with E-state index in [0.717, 1.165) is 4.57 Å². The van der Waals surface area contributed by atoms with Gasteiger partial charge < -0.3 is 25.4 Å². The monoisotopic (exact) mass is 332 g/mol. The summed E-state index contributed by atoms with van der Waals surface area (Å²) >= 11 is 0. The second-order valence-electron chi connectivity index (χ2n) is 4.76. The minimum absolute atomic E-state index is 0.217. The average molecular weight is 332 g/mol. The summed E-state index contributed by atoms with van der Waals surface area (Å²) in [6.45, 7) is 0.294. The highest BCUT2D eigenvalue weighted by Gasteiger charge is 2.41. The van der Waals surface area contributed by atoms with Gasteiger partial charge in [-0.15, -0.1) is 0 Å². The summed E-state index contributed by atoms with van der Waals surface area (Å²) in [6.07, 6.45) is -0.149. The zero-order chi connectivity index (χ0) is 19.0. The fourth-order valence-electron chi connectivity index (χ4n) is 2.07. The van der Waals surface area contributed by atoms with Gasteiger partial charge in [-0.3, -0.25) is 14.3 Å². The number of likely N-dealkylation sites (N-methyl/N-ethyl adjacent to an activating group) is 1. The smallest absolute Gasteiger partial charge is 0.330 e. The van der Waals surface area contributed by atoms with E-state index >= 15 is 0 Å². The normalized spacial score (nSPS) is 28.2. The van der Waals surface area contributed by atoms with Crippen molar-refractivity contribution in [3.05, 3.63) is 38.7 Å². The Morgan fingerprint density at radius 2 is 2.26 bits per heavy atom. The Morgan fingerprint density at radius 1 is 1.57 bits per heavy atom. The van der Waals surface area contributed by atoms with Crippen LogP contribution in [0.4, 0.5) is 0 Å². The lowest BCUT2D eigenvalue weighted by Crippen LogP contribution is -2.38. The third-order valence-corrected chi connectivity index (χ3v) is 3.23. The Balaban J connectivity index is 0.000000970. The standard InChI is InChI=1S/C13H19N3O5.CH4O/c1-7-9(17)10(18)12(21-7)16-6-8(4-3-5-14-2)11(19)15-13(16)20;1-2/h3-4,6-7,9-10,12,14,17-18H,5H2,1-2H3,(H,15,19,20);2H,1H3/b4-3+;/t7-,9?,10+,12-;/m1./s1/i1D;2T. The van der Waals surface area contributed by atoms with E-state index < -0.39 is 35.8 Å². The molecule has 1 aromatic rings. The Morgan fingerprint density at radius 3 is 2.83 bits per heavy atom. The second kappa shape index (κ2) is 8.75. The first-order valence-electron chi connectivity index (χ1n) is 7.99. The molecule has 1 unspecified atom stereocenters. The highest BCUT2D eigenvalue weighted by Crippen LogP contribution is 2.27. The molecular formula is C14H23N3O6. The van der Waals surface area contributed by atoms with Crippen molar-refractivity contribution in [1.29, 1.82) is 1.43 Å². The first-order valence-corrected chi connectivity index (χ1v) is 6.88. The van der Waals surface area contributed by atoms with E-state index in [1.165, 1.54) is 19.4 Å². The number of aromatic amines is 1. The molecule has 0 spiro atoms. The van der Waals surface area contributed by atoms with Crippen molar-refractivity contribution in [3.63, 3.8) is 0 Å².